The van der Waals surface area contributed by atoms with Crippen LogP contribution in [-0.2, 0) is 17.1 Å². The van der Waals surface area contributed by atoms with Gasteiger partial charge in [-0.2, -0.15) is 9.40 Å². The Kier molecular flexibility index (Phi) is 4.23. The van der Waals surface area contributed by atoms with Crippen molar-refractivity contribution in [1.82, 2.24) is 14.1 Å². The minimum atomic E-state index is -3.63. The van der Waals surface area contributed by atoms with E-state index in [1.165, 1.54) is 25.0 Å². The molecular formula is C8H13Cl2N3O2S. The molecule has 16 heavy (non-hydrogen) atoms. The molecule has 5 nitrogen and oxygen atoms in total. The summed E-state index contributed by atoms with van der Waals surface area (Å²) in [6.07, 6.45) is 1.30. The SMILES string of the molecule is CC(Cl)CN(C)S(=O)(=O)c1c(Cl)cnn1C. The van der Waals surface area contributed by atoms with Crippen LogP contribution in [0.3, 0.4) is 0 Å². The van der Waals surface area contributed by atoms with Crippen LogP contribution in [-0.4, -0.2) is 41.5 Å². The molecule has 0 bridgehead atoms. The van der Waals surface area contributed by atoms with Gasteiger partial charge in [-0.05, 0) is 6.92 Å². The summed E-state index contributed by atoms with van der Waals surface area (Å²) in [5.74, 6) is 0. The normalized spacial score (nSPS) is 14.4. The average Bonchev–Trinajstić information content (AvgIpc) is 2.45. The predicted molar refractivity (Wildman–Crippen MR) is 63.3 cm³/mol. The predicted octanol–water partition coefficient (Wildman–Crippen LogP) is 1.32. The fourth-order valence-electron chi connectivity index (χ4n) is 1.29. The van der Waals surface area contributed by atoms with Gasteiger partial charge in [0.15, 0.2) is 5.03 Å². The summed E-state index contributed by atoms with van der Waals surface area (Å²) in [6.45, 7) is 1.93. The summed E-state index contributed by atoms with van der Waals surface area (Å²) in [4.78, 5) is 0. The van der Waals surface area contributed by atoms with E-state index in [9.17, 15) is 8.42 Å². The standard InChI is InChI=1S/C8H13Cl2N3O2S/c1-6(9)5-12(2)16(14,15)8-7(10)4-11-13(8)3/h4,6H,5H2,1-3H3. The first-order valence-electron chi connectivity index (χ1n) is 4.54. The van der Waals surface area contributed by atoms with Crippen molar-refractivity contribution < 1.29 is 8.42 Å². The second-order valence-corrected chi connectivity index (χ2v) is 6.60. The number of aromatic nitrogens is 2. The highest BCUT2D eigenvalue weighted by Crippen LogP contribution is 2.23. The molecule has 1 unspecified atom stereocenters. The molecule has 0 aromatic carbocycles. The number of alkyl halides is 1. The lowest BCUT2D eigenvalue weighted by molar-refractivity contribution is 0.461. The van der Waals surface area contributed by atoms with E-state index in [1.807, 2.05) is 0 Å². The van der Waals surface area contributed by atoms with Crippen molar-refractivity contribution in [2.75, 3.05) is 13.6 Å². The number of hydrogen-bond acceptors (Lipinski definition) is 3. The van der Waals surface area contributed by atoms with Crippen LogP contribution in [0.1, 0.15) is 6.92 Å². The molecule has 8 heteroatoms. The van der Waals surface area contributed by atoms with Gasteiger partial charge < -0.3 is 0 Å². The maximum absolute atomic E-state index is 12.1. The summed E-state index contributed by atoms with van der Waals surface area (Å²) in [6, 6.07) is 0. The molecule has 0 aliphatic heterocycles. The van der Waals surface area contributed by atoms with E-state index >= 15 is 0 Å². The molecular weight excluding hydrogens is 273 g/mol. The maximum Gasteiger partial charge on any atom is 0.261 e. The summed E-state index contributed by atoms with van der Waals surface area (Å²) < 4.78 is 26.6. The van der Waals surface area contributed by atoms with Crippen LogP contribution in [0.15, 0.2) is 11.2 Å². The molecule has 0 spiro atoms. The monoisotopic (exact) mass is 285 g/mol. The van der Waals surface area contributed by atoms with Crippen molar-refractivity contribution >= 4 is 33.2 Å². The number of aryl methyl sites for hydroxylation is 1. The molecule has 0 fully saturated rings. The average molecular weight is 286 g/mol. The molecule has 0 aliphatic rings. The van der Waals surface area contributed by atoms with E-state index in [-0.39, 0.29) is 22.0 Å². The lowest BCUT2D eigenvalue weighted by atomic mass is 10.5. The zero-order chi connectivity index (χ0) is 12.5. The Balaban J connectivity index is 3.12. The van der Waals surface area contributed by atoms with E-state index in [2.05, 4.69) is 5.10 Å². The summed E-state index contributed by atoms with van der Waals surface area (Å²) in [5, 5.41) is 3.61. The number of hydrogen-bond donors (Lipinski definition) is 0. The van der Waals surface area contributed by atoms with Gasteiger partial charge >= 0.3 is 0 Å². The molecule has 0 radical (unpaired) electrons. The third-order valence-electron chi connectivity index (χ3n) is 2.01. The molecule has 1 aromatic rings. The van der Waals surface area contributed by atoms with Gasteiger partial charge in [0.05, 0.1) is 11.2 Å². The van der Waals surface area contributed by atoms with Crippen molar-refractivity contribution in [3.63, 3.8) is 0 Å². The first kappa shape index (κ1) is 13.8. The Morgan fingerprint density at radius 2 is 2.19 bits per heavy atom. The topological polar surface area (TPSA) is 55.2 Å². The molecule has 92 valence electrons. The minimum absolute atomic E-state index is 0.0195. The smallest absolute Gasteiger partial charge is 0.255 e. The van der Waals surface area contributed by atoms with Crippen LogP contribution in [0.2, 0.25) is 5.02 Å². The quantitative estimate of drug-likeness (QED) is 0.784. The van der Waals surface area contributed by atoms with Gasteiger partial charge in [-0.25, -0.2) is 8.42 Å². The van der Waals surface area contributed by atoms with Crippen LogP contribution in [0, 0.1) is 0 Å². The van der Waals surface area contributed by atoms with Gasteiger partial charge in [0.2, 0.25) is 0 Å². The molecule has 0 amide bonds. The third kappa shape index (κ3) is 2.68. The van der Waals surface area contributed by atoms with Crippen molar-refractivity contribution in [1.29, 1.82) is 0 Å². The van der Waals surface area contributed by atoms with Crippen LogP contribution in [0.25, 0.3) is 0 Å². The van der Waals surface area contributed by atoms with E-state index in [0.29, 0.717) is 0 Å². The Morgan fingerprint density at radius 3 is 2.56 bits per heavy atom. The number of halogens is 2. The van der Waals surface area contributed by atoms with Gasteiger partial charge in [0.25, 0.3) is 10.0 Å². The minimum Gasteiger partial charge on any atom is -0.255 e. The Bertz CT molecular complexity index is 450. The molecule has 1 rings (SSSR count). The highest BCUT2D eigenvalue weighted by atomic mass is 35.5. The summed E-state index contributed by atoms with van der Waals surface area (Å²) in [7, 11) is -0.654. The van der Waals surface area contributed by atoms with Crippen molar-refractivity contribution in [2.45, 2.75) is 17.3 Å². The number of nitrogens with zero attached hydrogens (tertiary/aromatic N) is 3. The fraction of sp³-hybridized carbons (Fsp3) is 0.625. The third-order valence-corrected chi connectivity index (χ3v) is 4.48. The van der Waals surface area contributed by atoms with Crippen LogP contribution in [0.5, 0.6) is 0 Å². The lowest BCUT2D eigenvalue weighted by Crippen LogP contribution is -2.32. The first-order chi connectivity index (χ1) is 7.26. The largest absolute Gasteiger partial charge is 0.261 e. The summed E-state index contributed by atoms with van der Waals surface area (Å²) >= 11 is 11.5. The van der Waals surface area contributed by atoms with Crippen molar-refractivity contribution in [3.05, 3.63) is 11.2 Å². The molecule has 1 atom stereocenters. The Hall–Kier alpha value is -0.300. The van der Waals surface area contributed by atoms with E-state index in [0.717, 1.165) is 4.31 Å². The van der Waals surface area contributed by atoms with Crippen molar-refractivity contribution in [2.24, 2.45) is 7.05 Å². The number of rotatable bonds is 4. The van der Waals surface area contributed by atoms with Crippen LogP contribution in [0.4, 0.5) is 0 Å². The first-order valence-corrected chi connectivity index (χ1v) is 6.80. The molecule has 0 saturated heterocycles. The molecule has 0 aliphatic carbocycles. The maximum atomic E-state index is 12.1. The summed E-state index contributed by atoms with van der Waals surface area (Å²) in [5.41, 5.74) is 0. The zero-order valence-electron chi connectivity index (χ0n) is 9.18. The van der Waals surface area contributed by atoms with Crippen molar-refractivity contribution in [3.8, 4) is 0 Å². The van der Waals surface area contributed by atoms with Gasteiger partial charge in [0.1, 0.15) is 0 Å². The highest BCUT2D eigenvalue weighted by Gasteiger charge is 2.27. The second-order valence-electron chi connectivity index (χ2n) is 3.49. The second kappa shape index (κ2) is 4.91. The molecule has 0 saturated carbocycles. The lowest BCUT2D eigenvalue weighted by Gasteiger charge is -2.18. The van der Waals surface area contributed by atoms with E-state index < -0.39 is 10.0 Å². The van der Waals surface area contributed by atoms with Gasteiger partial charge in [-0.1, -0.05) is 11.6 Å². The van der Waals surface area contributed by atoms with E-state index in [4.69, 9.17) is 23.2 Å². The van der Waals surface area contributed by atoms with Crippen LogP contribution < -0.4 is 0 Å². The Morgan fingerprint density at radius 1 is 1.62 bits per heavy atom. The van der Waals surface area contributed by atoms with Gasteiger partial charge in [0, 0.05) is 26.0 Å². The van der Waals surface area contributed by atoms with Crippen LogP contribution >= 0.6 is 23.2 Å². The fourth-order valence-corrected chi connectivity index (χ4v) is 3.43. The zero-order valence-corrected chi connectivity index (χ0v) is 11.5. The van der Waals surface area contributed by atoms with E-state index in [1.54, 1.807) is 6.92 Å². The van der Waals surface area contributed by atoms with Gasteiger partial charge in [-0.15, -0.1) is 11.6 Å². The Labute approximate surface area is 105 Å². The van der Waals surface area contributed by atoms with Gasteiger partial charge in [-0.3, -0.25) is 4.68 Å². The molecule has 0 N–H and O–H groups in total. The molecule has 1 heterocycles. The highest BCUT2D eigenvalue weighted by molar-refractivity contribution is 7.89. The molecule has 1 aromatic heterocycles. The number of sulfonamides is 1.